The van der Waals surface area contributed by atoms with Crippen LogP contribution in [0, 0.1) is 5.92 Å². The number of amides is 2. The Hall–Kier alpha value is -1.31. The van der Waals surface area contributed by atoms with Gasteiger partial charge in [0.2, 0.25) is 11.8 Å². The highest BCUT2D eigenvalue weighted by atomic mass is 79.9. The molecule has 2 amide bonds. The standard InChI is InChI=1S/C14H20BrN3O3.ClH/c1-8(2)13(16)14(20)17-7-12(19)18-11-6-9(21-3)4-5-10(11)15;/h4-6,8,13H,7,16H2,1-3H3,(H,17,20)(H,18,19);1H/t13-;/m0./s1. The van der Waals surface area contributed by atoms with Gasteiger partial charge in [0.1, 0.15) is 5.75 Å². The Kier molecular flexibility index (Phi) is 9.08. The number of ether oxygens (including phenoxy) is 1. The van der Waals surface area contributed by atoms with Crippen molar-refractivity contribution in [1.82, 2.24) is 5.32 Å². The van der Waals surface area contributed by atoms with Crippen LogP contribution in [0.25, 0.3) is 0 Å². The van der Waals surface area contributed by atoms with E-state index in [-0.39, 0.29) is 36.7 Å². The minimum absolute atomic E-state index is 0. The lowest BCUT2D eigenvalue weighted by Gasteiger charge is -2.15. The molecule has 0 unspecified atom stereocenters. The van der Waals surface area contributed by atoms with Crippen LogP contribution >= 0.6 is 28.3 Å². The van der Waals surface area contributed by atoms with E-state index in [9.17, 15) is 9.59 Å². The van der Waals surface area contributed by atoms with Crippen molar-refractivity contribution in [2.24, 2.45) is 11.7 Å². The van der Waals surface area contributed by atoms with Crippen molar-refractivity contribution in [1.29, 1.82) is 0 Å². The Morgan fingerprint density at radius 1 is 1.36 bits per heavy atom. The van der Waals surface area contributed by atoms with Gasteiger partial charge in [0.25, 0.3) is 0 Å². The smallest absolute Gasteiger partial charge is 0.243 e. The van der Waals surface area contributed by atoms with Gasteiger partial charge in [-0.1, -0.05) is 13.8 Å². The van der Waals surface area contributed by atoms with Crippen molar-refractivity contribution in [2.75, 3.05) is 19.0 Å². The Bertz CT molecular complexity index is 526. The summed E-state index contributed by atoms with van der Waals surface area (Å²) in [5.74, 6) is -0.0435. The lowest BCUT2D eigenvalue weighted by Crippen LogP contribution is -2.46. The van der Waals surface area contributed by atoms with Crippen LogP contribution < -0.4 is 21.1 Å². The Morgan fingerprint density at radius 2 is 2.00 bits per heavy atom. The number of nitrogens with two attached hydrogens (primary N) is 1. The molecule has 0 aliphatic heterocycles. The molecule has 4 N–H and O–H groups in total. The average Bonchev–Trinajstić information content (AvgIpc) is 2.46. The summed E-state index contributed by atoms with van der Waals surface area (Å²) in [6.07, 6.45) is 0. The van der Waals surface area contributed by atoms with E-state index in [0.29, 0.717) is 11.4 Å². The number of anilines is 1. The second kappa shape index (κ2) is 9.66. The number of methoxy groups -OCH3 is 1. The molecule has 22 heavy (non-hydrogen) atoms. The van der Waals surface area contributed by atoms with E-state index in [0.717, 1.165) is 4.47 Å². The number of carbonyl (C=O) groups excluding carboxylic acids is 2. The second-order valence-corrected chi connectivity index (χ2v) is 5.74. The molecular formula is C14H21BrClN3O3. The number of nitrogens with one attached hydrogen (secondary N) is 2. The summed E-state index contributed by atoms with van der Waals surface area (Å²) in [4.78, 5) is 23.5. The number of carbonyl (C=O) groups is 2. The van der Waals surface area contributed by atoms with Gasteiger partial charge in [-0.05, 0) is 34.0 Å². The van der Waals surface area contributed by atoms with E-state index < -0.39 is 6.04 Å². The maximum atomic E-state index is 11.8. The molecule has 6 nitrogen and oxygen atoms in total. The normalized spacial score (nSPS) is 11.4. The van der Waals surface area contributed by atoms with Crippen molar-refractivity contribution in [3.63, 3.8) is 0 Å². The fourth-order valence-corrected chi connectivity index (χ4v) is 1.86. The highest BCUT2D eigenvalue weighted by Gasteiger charge is 2.17. The highest BCUT2D eigenvalue weighted by Crippen LogP contribution is 2.26. The maximum absolute atomic E-state index is 11.8. The number of hydrogen-bond acceptors (Lipinski definition) is 4. The Morgan fingerprint density at radius 3 is 2.55 bits per heavy atom. The van der Waals surface area contributed by atoms with Crippen molar-refractivity contribution in [2.45, 2.75) is 19.9 Å². The van der Waals surface area contributed by atoms with E-state index in [2.05, 4.69) is 26.6 Å². The van der Waals surface area contributed by atoms with Crippen molar-refractivity contribution < 1.29 is 14.3 Å². The summed E-state index contributed by atoms with van der Waals surface area (Å²) in [5.41, 5.74) is 6.26. The molecule has 0 heterocycles. The molecule has 0 saturated heterocycles. The van der Waals surface area contributed by atoms with E-state index in [1.807, 2.05) is 13.8 Å². The van der Waals surface area contributed by atoms with Crippen LogP contribution in [0.15, 0.2) is 22.7 Å². The topological polar surface area (TPSA) is 93.5 Å². The summed E-state index contributed by atoms with van der Waals surface area (Å²) >= 11 is 3.33. The number of hydrogen-bond donors (Lipinski definition) is 3. The van der Waals surface area contributed by atoms with Gasteiger partial charge in [0, 0.05) is 10.5 Å². The molecule has 0 saturated carbocycles. The molecule has 1 aromatic carbocycles. The molecule has 8 heteroatoms. The first-order chi connectivity index (χ1) is 9.85. The molecule has 0 fully saturated rings. The van der Waals surface area contributed by atoms with Gasteiger partial charge in [0.15, 0.2) is 0 Å². The largest absolute Gasteiger partial charge is 0.497 e. The Labute approximate surface area is 144 Å². The summed E-state index contributed by atoms with van der Waals surface area (Å²) in [5, 5.41) is 5.20. The zero-order valence-corrected chi connectivity index (χ0v) is 15.1. The molecule has 0 bridgehead atoms. The van der Waals surface area contributed by atoms with Crippen LogP contribution in [-0.4, -0.2) is 31.5 Å². The summed E-state index contributed by atoms with van der Waals surface area (Å²) in [6.45, 7) is 3.55. The molecule has 1 aromatic rings. The van der Waals surface area contributed by atoms with E-state index in [1.54, 1.807) is 25.3 Å². The van der Waals surface area contributed by atoms with Crippen LogP contribution in [0.2, 0.25) is 0 Å². The fourth-order valence-electron chi connectivity index (χ4n) is 1.51. The molecular weight excluding hydrogens is 374 g/mol. The predicted molar refractivity (Wildman–Crippen MR) is 92.4 cm³/mol. The number of rotatable bonds is 6. The van der Waals surface area contributed by atoms with Gasteiger partial charge in [-0.2, -0.15) is 0 Å². The van der Waals surface area contributed by atoms with E-state index in [4.69, 9.17) is 10.5 Å². The fraction of sp³-hybridized carbons (Fsp3) is 0.429. The van der Waals surface area contributed by atoms with Crippen molar-refractivity contribution >= 4 is 45.8 Å². The van der Waals surface area contributed by atoms with Crippen LogP contribution in [0.4, 0.5) is 5.69 Å². The molecule has 0 aromatic heterocycles. The third kappa shape index (κ3) is 6.21. The minimum Gasteiger partial charge on any atom is -0.497 e. The van der Waals surface area contributed by atoms with Gasteiger partial charge in [-0.15, -0.1) is 12.4 Å². The van der Waals surface area contributed by atoms with Crippen LogP contribution in [0.5, 0.6) is 5.75 Å². The zero-order valence-electron chi connectivity index (χ0n) is 12.7. The quantitative estimate of drug-likeness (QED) is 0.687. The summed E-state index contributed by atoms with van der Waals surface area (Å²) in [7, 11) is 1.54. The predicted octanol–water partition coefficient (Wildman–Crippen LogP) is 1.92. The lowest BCUT2D eigenvalue weighted by atomic mass is 10.1. The molecule has 124 valence electrons. The third-order valence-corrected chi connectivity index (χ3v) is 3.58. The molecule has 1 atom stereocenters. The van der Waals surface area contributed by atoms with Gasteiger partial charge in [-0.25, -0.2) is 0 Å². The first kappa shape index (κ1) is 20.7. The monoisotopic (exact) mass is 393 g/mol. The Balaban J connectivity index is 0.00000441. The molecule has 0 radical (unpaired) electrons. The van der Waals surface area contributed by atoms with Crippen molar-refractivity contribution in [3.05, 3.63) is 22.7 Å². The van der Waals surface area contributed by atoms with Gasteiger partial charge < -0.3 is 21.1 Å². The summed E-state index contributed by atoms with van der Waals surface area (Å²) < 4.78 is 5.81. The van der Waals surface area contributed by atoms with Gasteiger partial charge in [-0.3, -0.25) is 9.59 Å². The van der Waals surface area contributed by atoms with E-state index in [1.165, 1.54) is 0 Å². The van der Waals surface area contributed by atoms with E-state index >= 15 is 0 Å². The van der Waals surface area contributed by atoms with Crippen LogP contribution in [0.1, 0.15) is 13.8 Å². The minimum atomic E-state index is -0.624. The first-order valence-corrected chi connectivity index (χ1v) is 7.31. The van der Waals surface area contributed by atoms with Crippen LogP contribution in [0.3, 0.4) is 0 Å². The lowest BCUT2D eigenvalue weighted by molar-refractivity contribution is -0.125. The SMILES string of the molecule is COc1ccc(Br)c(NC(=O)CNC(=O)[C@@H](N)C(C)C)c1.Cl. The number of benzene rings is 1. The van der Waals surface area contributed by atoms with Gasteiger partial charge in [0.05, 0.1) is 25.4 Å². The summed E-state index contributed by atoms with van der Waals surface area (Å²) in [6, 6.07) is 4.59. The molecule has 0 aliphatic carbocycles. The second-order valence-electron chi connectivity index (χ2n) is 4.88. The van der Waals surface area contributed by atoms with Crippen molar-refractivity contribution in [3.8, 4) is 5.75 Å². The third-order valence-electron chi connectivity index (χ3n) is 2.89. The first-order valence-electron chi connectivity index (χ1n) is 6.51. The molecule has 1 rings (SSSR count). The highest BCUT2D eigenvalue weighted by molar-refractivity contribution is 9.10. The average molecular weight is 395 g/mol. The van der Waals surface area contributed by atoms with Crippen LogP contribution in [-0.2, 0) is 9.59 Å². The zero-order chi connectivity index (χ0) is 16.0. The maximum Gasteiger partial charge on any atom is 0.243 e. The van der Waals surface area contributed by atoms with Gasteiger partial charge >= 0.3 is 0 Å². The number of halogens is 2. The molecule has 0 spiro atoms. The molecule has 0 aliphatic rings.